The van der Waals surface area contributed by atoms with Crippen LogP contribution >= 0.6 is 24.0 Å². The van der Waals surface area contributed by atoms with Crippen LogP contribution < -0.4 is 21.0 Å². The molecule has 0 bridgehead atoms. The van der Waals surface area contributed by atoms with Gasteiger partial charge < -0.3 is 9.80 Å². The zero-order chi connectivity index (χ0) is 11.3. The Morgan fingerprint density at radius 2 is 1.50 bits per heavy atom. The van der Waals surface area contributed by atoms with Crippen molar-refractivity contribution in [2.24, 2.45) is 14.1 Å². The fraction of sp³-hybridized carbons (Fsp3) is 0.556. The van der Waals surface area contributed by atoms with Gasteiger partial charge in [-0.15, -0.1) is 24.0 Å². The van der Waals surface area contributed by atoms with E-state index in [1.54, 1.807) is 7.05 Å². The lowest BCUT2D eigenvalue weighted by molar-refractivity contribution is 0.689. The van der Waals surface area contributed by atoms with Gasteiger partial charge in [-0.1, -0.05) is 0 Å². The van der Waals surface area contributed by atoms with E-state index in [1.165, 1.54) is 11.6 Å². The standard InChI is InChI=1S/C9H14N4O2.HI/c1-10-5-11(2)7-6(10)8(14)13(4)9(15)12(7)3;/h5H2,1-4H3;1H. The Kier molecular flexibility index (Phi) is 3.36. The number of nitrogens with zero attached hydrogens (tertiary/aromatic N) is 4. The Hall–Kier alpha value is -0.990. The van der Waals surface area contributed by atoms with Crippen molar-refractivity contribution in [3.63, 3.8) is 0 Å². The number of fused-ring (bicyclic) bond motifs is 1. The van der Waals surface area contributed by atoms with Crippen LogP contribution in [0.5, 0.6) is 0 Å². The number of rotatable bonds is 0. The molecule has 16 heavy (non-hydrogen) atoms. The second kappa shape index (κ2) is 4.11. The van der Waals surface area contributed by atoms with Crippen molar-refractivity contribution in [2.75, 3.05) is 30.6 Å². The molecular formula is C9H15IN4O2. The SMILES string of the molecule is CN1CN(C)c2c1c(=O)n(C)c(=O)n2C.I. The Morgan fingerprint density at radius 3 is 2.06 bits per heavy atom. The first-order valence-electron chi connectivity index (χ1n) is 4.67. The van der Waals surface area contributed by atoms with Crippen molar-refractivity contribution in [2.45, 2.75) is 0 Å². The Labute approximate surface area is 110 Å². The van der Waals surface area contributed by atoms with Crippen molar-refractivity contribution in [1.29, 1.82) is 0 Å². The van der Waals surface area contributed by atoms with Crippen LogP contribution in [0.25, 0.3) is 0 Å². The van der Waals surface area contributed by atoms with E-state index in [2.05, 4.69) is 0 Å². The second-order valence-corrected chi connectivity index (χ2v) is 3.92. The molecule has 7 heteroatoms. The van der Waals surface area contributed by atoms with Gasteiger partial charge in [-0.05, 0) is 0 Å². The monoisotopic (exact) mass is 338 g/mol. The van der Waals surface area contributed by atoms with Crippen LogP contribution in [0.2, 0.25) is 0 Å². The summed E-state index contributed by atoms with van der Waals surface area (Å²) in [5.41, 5.74) is 0.0583. The average molecular weight is 338 g/mol. The molecule has 0 aromatic carbocycles. The summed E-state index contributed by atoms with van der Waals surface area (Å²) in [5.74, 6) is 0.686. The van der Waals surface area contributed by atoms with Gasteiger partial charge >= 0.3 is 5.69 Å². The van der Waals surface area contributed by atoms with Crippen molar-refractivity contribution in [1.82, 2.24) is 9.13 Å². The maximum atomic E-state index is 11.9. The predicted molar refractivity (Wildman–Crippen MR) is 74.0 cm³/mol. The third-order valence-corrected chi connectivity index (χ3v) is 2.78. The zero-order valence-corrected chi connectivity index (χ0v) is 12.1. The summed E-state index contributed by atoms with van der Waals surface area (Å²) in [6.07, 6.45) is 0. The van der Waals surface area contributed by atoms with E-state index in [0.29, 0.717) is 18.2 Å². The normalized spacial score (nSPS) is 13.8. The third kappa shape index (κ3) is 1.53. The van der Waals surface area contributed by atoms with Crippen molar-refractivity contribution in [3.05, 3.63) is 20.8 Å². The molecule has 0 spiro atoms. The van der Waals surface area contributed by atoms with Crippen LogP contribution in [-0.2, 0) is 14.1 Å². The van der Waals surface area contributed by atoms with Gasteiger partial charge in [-0.25, -0.2) is 4.79 Å². The minimum atomic E-state index is -0.291. The van der Waals surface area contributed by atoms with Gasteiger partial charge in [0.05, 0.1) is 6.67 Å². The van der Waals surface area contributed by atoms with Gasteiger partial charge in [0.1, 0.15) is 11.5 Å². The van der Waals surface area contributed by atoms with E-state index in [0.717, 1.165) is 4.57 Å². The van der Waals surface area contributed by atoms with Gasteiger partial charge in [0.15, 0.2) is 0 Å². The zero-order valence-electron chi connectivity index (χ0n) is 9.72. The molecule has 1 aromatic rings. The molecule has 0 aliphatic carbocycles. The number of anilines is 2. The molecular weight excluding hydrogens is 323 g/mol. The van der Waals surface area contributed by atoms with E-state index in [1.807, 2.05) is 23.9 Å². The van der Waals surface area contributed by atoms with Gasteiger partial charge in [-0.3, -0.25) is 13.9 Å². The smallest absolute Gasteiger partial charge is 0.332 e. The van der Waals surface area contributed by atoms with Crippen LogP contribution in [0.4, 0.5) is 11.5 Å². The summed E-state index contributed by atoms with van der Waals surface area (Å²) >= 11 is 0. The van der Waals surface area contributed by atoms with E-state index >= 15 is 0 Å². The molecule has 0 N–H and O–H groups in total. The Balaban J connectivity index is 0.00000128. The first-order valence-corrected chi connectivity index (χ1v) is 4.67. The van der Waals surface area contributed by atoms with Crippen LogP contribution in [0.15, 0.2) is 9.59 Å². The summed E-state index contributed by atoms with van der Waals surface area (Å²) in [6.45, 7) is 0.627. The van der Waals surface area contributed by atoms with E-state index < -0.39 is 0 Å². The molecule has 0 amide bonds. The molecule has 0 atom stereocenters. The van der Waals surface area contributed by atoms with E-state index in [4.69, 9.17) is 0 Å². The minimum absolute atomic E-state index is 0. The molecule has 90 valence electrons. The lowest BCUT2D eigenvalue weighted by Gasteiger charge is -2.13. The molecule has 6 nitrogen and oxygen atoms in total. The molecule has 0 fully saturated rings. The summed E-state index contributed by atoms with van der Waals surface area (Å²) in [4.78, 5) is 27.3. The first kappa shape index (κ1) is 13.1. The molecule has 0 saturated heterocycles. The fourth-order valence-electron chi connectivity index (χ4n) is 2.04. The van der Waals surface area contributed by atoms with Gasteiger partial charge in [-0.2, -0.15) is 0 Å². The largest absolute Gasteiger partial charge is 0.349 e. The lowest BCUT2D eigenvalue weighted by Crippen LogP contribution is -2.38. The maximum Gasteiger partial charge on any atom is 0.332 e. The maximum absolute atomic E-state index is 11.9. The van der Waals surface area contributed by atoms with Crippen molar-refractivity contribution < 1.29 is 0 Å². The molecule has 2 heterocycles. The molecule has 2 rings (SSSR count). The predicted octanol–water partition coefficient (Wildman–Crippen LogP) is -0.455. The van der Waals surface area contributed by atoms with Crippen molar-refractivity contribution in [3.8, 4) is 0 Å². The van der Waals surface area contributed by atoms with Gasteiger partial charge in [0, 0.05) is 28.2 Å². The Morgan fingerprint density at radius 1 is 0.938 bits per heavy atom. The van der Waals surface area contributed by atoms with Crippen LogP contribution in [-0.4, -0.2) is 29.9 Å². The highest BCUT2D eigenvalue weighted by Gasteiger charge is 2.27. The highest BCUT2D eigenvalue weighted by Crippen LogP contribution is 2.27. The Bertz CT molecular complexity index is 534. The van der Waals surface area contributed by atoms with E-state index in [-0.39, 0.29) is 35.2 Å². The van der Waals surface area contributed by atoms with Gasteiger partial charge in [0.25, 0.3) is 5.56 Å². The molecule has 0 radical (unpaired) electrons. The summed E-state index contributed by atoms with van der Waals surface area (Å²) < 4.78 is 2.63. The summed E-state index contributed by atoms with van der Waals surface area (Å²) in [6, 6.07) is 0. The number of aromatic nitrogens is 2. The highest BCUT2D eigenvalue weighted by molar-refractivity contribution is 14.0. The lowest BCUT2D eigenvalue weighted by atomic mass is 10.4. The summed E-state index contributed by atoms with van der Waals surface area (Å²) in [7, 11) is 6.88. The average Bonchev–Trinajstić information content (AvgIpc) is 2.47. The molecule has 1 aliphatic heterocycles. The van der Waals surface area contributed by atoms with Crippen LogP contribution in [0.3, 0.4) is 0 Å². The summed E-state index contributed by atoms with van der Waals surface area (Å²) in [5, 5.41) is 0. The fourth-order valence-corrected chi connectivity index (χ4v) is 2.04. The van der Waals surface area contributed by atoms with Crippen LogP contribution in [0.1, 0.15) is 0 Å². The number of hydrogen-bond acceptors (Lipinski definition) is 4. The third-order valence-electron chi connectivity index (χ3n) is 2.78. The van der Waals surface area contributed by atoms with E-state index in [9.17, 15) is 9.59 Å². The molecule has 0 unspecified atom stereocenters. The molecule has 1 aliphatic rings. The van der Waals surface area contributed by atoms with Crippen LogP contribution in [0, 0.1) is 0 Å². The minimum Gasteiger partial charge on any atom is -0.349 e. The molecule has 1 aromatic heterocycles. The number of halogens is 1. The highest BCUT2D eigenvalue weighted by atomic mass is 127. The first-order chi connectivity index (χ1) is 6.95. The van der Waals surface area contributed by atoms with Crippen molar-refractivity contribution >= 4 is 35.5 Å². The second-order valence-electron chi connectivity index (χ2n) is 3.92. The topological polar surface area (TPSA) is 50.5 Å². The van der Waals surface area contributed by atoms with Gasteiger partial charge in [0.2, 0.25) is 0 Å². The molecule has 0 saturated carbocycles. The quantitative estimate of drug-likeness (QED) is 0.601. The number of hydrogen-bond donors (Lipinski definition) is 0.